The van der Waals surface area contributed by atoms with Crippen molar-refractivity contribution < 1.29 is 14.3 Å². The van der Waals surface area contributed by atoms with E-state index >= 15 is 0 Å². The third kappa shape index (κ3) is 5.58. The second-order valence-corrected chi connectivity index (χ2v) is 8.83. The molecule has 0 N–H and O–H groups in total. The van der Waals surface area contributed by atoms with Crippen LogP contribution in [0.3, 0.4) is 0 Å². The highest BCUT2D eigenvalue weighted by Gasteiger charge is 2.39. The number of rotatable bonds is 9. The highest BCUT2D eigenvalue weighted by molar-refractivity contribution is 7.80. The van der Waals surface area contributed by atoms with Gasteiger partial charge >= 0.3 is 0 Å². The first-order valence-electron chi connectivity index (χ1n) is 11.9. The fourth-order valence-corrected chi connectivity index (χ4v) is 4.60. The summed E-state index contributed by atoms with van der Waals surface area (Å²) in [6, 6.07) is 14.2. The van der Waals surface area contributed by atoms with Crippen LogP contribution in [0.15, 0.2) is 48.0 Å². The summed E-state index contributed by atoms with van der Waals surface area (Å²) in [6.45, 7) is 13.1. The van der Waals surface area contributed by atoms with Gasteiger partial charge in [-0.05, 0) is 76.1 Å². The maximum absolute atomic E-state index is 13.0. The molecule has 0 saturated carbocycles. The Bertz CT molecular complexity index is 1030. The Morgan fingerprint density at radius 1 is 0.971 bits per heavy atom. The van der Waals surface area contributed by atoms with E-state index in [1.807, 2.05) is 57.2 Å². The van der Waals surface area contributed by atoms with Crippen molar-refractivity contribution in [3.05, 3.63) is 64.7 Å². The van der Waals surface area contributed by atoms with Gasteiger partial charge in [-0.25, -0.2) is 0 Å². The second-order valence-electron chi connectivity index (χ2n) is 8.37. The van der Waals surface area contributed by atoms with Gasteiger partial charge in [-0.3, -0.25) is 9.59 Å². The predicted molar refractivity (Wildman–Crippen MR) is 141 cm³/mol. The lowest BCUT2D eigenvalue weighted by Gasteiger charge is -2.40. The lowest BCUT2D eigenvalue weighted by atomic mass is 10.0. The topological polar surface area (TPSA) is 53.1 Å². The molecule has 0 unspecified atom stereocenters. The van der Waals surface area contributed by atoms with Crippen LogP contribution in [0.5, 0.6) is 5.75 Å². The van der Waals surface area contributed by atoms with Crippen LogP contribution in [0.25, 0.3) is 6.08 Å². The van der Waals surface area contributed by atoms with Gasteiger partial charge in [0.2, 0.25) is 0 Å². The van der Waals surface area contributed by atoms with Gasteiger partial charge in [0.05, 0.1) is 6.54 Å². The number of benzene rings is 2. The molecular weight excluding hydrogens is 446 g/mol. The summed E-state index contributed by atoms with van der Waals surface area (Å²) in [7, 11) is 0. The standard InChI is InChI=1S/C27H35N3O3S/c1-6-28(15-16-33-23-13-9-19(4)10-14-23)22-12-11-21(20(5)17-22)18-24-25(31)29(7-2)27(34)30(8-3)26(24)32/h9-14,17-18,27,34H,6-8,15-16H2,1-5H3. The number of carbonyl (C=O) groups excluding carboxylic acids is 2. The van der Waals surface area contributed by atoms with Crippen LogP contribution < -0.4 is 9.64 Å². The Balaban J connectivity index is 1.76. The van der Waals surface area contributed by atoms with Crippen LogP contribution in [0.1, 0.15) is 37.5 Å². The molecule has 2 aromatic carbocycles. The average Bonchev–Trinajstić information content (AvgIpc) is 2.82. The summed E-state index contributed by atoms with van der Waals surface area (Å²) in [5.41, 5.74) is 3.80. The molecule has 1 fully saturated rings. The van der Waals surface area contributed by atoms with Crippen LogP contribution in [0.2, 0.25) is 0 Å². The van der Waals surface area contributed by atoms with Crippen LogP contribution in [-0.2, 0) is 9.59 Å². The van der Waals surface area contributed by atoms with E-state index in [1.165, 1.54) is 5.56 Å². The molecule has 0 aromatic heterocycles. The van der Waals surface area contributed by atoms with Crippen molar-refractivity contribution in [2.75, 3.05) is 37.7 Å². The Kier molecular flexibility index (Phi) is 8.67. The Morgan fingerprint density at radius 3 is 2.12 bits per heavy atom. The number of hydrogen-bond donors (Lipinski definition) is 1. The van der Waals surface area contributed by atoms with E-state index in [4.69, 9.17) is 4.74 Å². The van der Waals surface area contributed by atoms with Crippen molar-refractivity contribution in [3.63, 3.8) is 0 Å². The fourth-order valence-electron chi connectivity index (χ4n) is 4.07. The molecule has 3 rings (SSSR count). The van der Waals surface area contributed by atoms with Gasteiger partial charge in [-0.2, -0.15) is 0 Å². The van der Waals surface area contributed by atoms with Crippen LogP contribution >= 0.6 is 12.6 Å². The molecule has 34 heavy (non-hydrogen) atoms. The lowest BCUT2D eigenvalue weighted by Crippen LogP contribution is -2.57. The van der Waals surface area contributed by atoms with Crippen molar-refractivity contribution in [3.8, 4) is 5.75 Å². The molecule has 1 aliphatic heterocycles. The summed E-state index contributed by atoms with van der Waals surface area (Å²) < 4.78 is 5.90. The third-order valence-electron chi connectivity index (χ3n) is 6.17. The fraction of sp³-hybridized carbons (Fsp3) is 0.407. The summed E-state index contributed by atoms with van der Waals surface area (Å²) in [6.07, 6.45) is 1.71. The first kappa shape index (κ1) is 25.7. The predicted octanol–water partition coefficient (Wildman–Crippen LogP) is 4.52. The first-order chi connectivity index (χ1) is 16.3. The van der Waals surface area contributed by atoms with Gasteiger partial charge in [0.15, 0.2) is 5.50 Å². The van der Waals surface area contributed by atoms with Gasteiger partial charge < -0.3 is 19.4 Å². The molecule has 0 bridgehead atoms. The van der Waals surface area contributed by atoms with E-state index in [0.717, 1.165) is 35.7 Å². The smallest absolute Gasteiger partial charge is 0.261 e. The van der Waals surface area contributed by atoms with Crippen molar-refractivity contribution >= 4 is 36.2 Å². The van der Waals surface area contributed by atoms with E-state index in [2.05, 4.69) is 37.4 Å². The van der Waals surface area contributed by atoms with Gasteiger partial charge in [0, 0.05) is 25.3 Å². The van der Waals surface area contributed by atoms with E-state index in [9.17, 15) is 9.59 Å². The molecular formula is C27H35N3O3S. The molecule has 6 nitrogen and oxygen atoms in total. The minimum atomic E-state index is -0.532. The van der Waals surface area contributed by atoms with Crippen molar-refractivity contribution in [2.45, 2.75) is 40.1 Å². The molecule has 0 aliphatic carbocycles. The van der Waals surface area contributed by atoms with Crippen LogP contribution in [-0.4, -0.2) is 59.9 Å². The van der Waals surface area contributed by atoms with E-state index in [1.54, 1.807) is 15.9 Å². The zero-order valence-electron chi connectivity index (χ0n) is 20.7. The average molecular weight is 482 g/mol. The number of aryl methyl sites for hydroxylation is 2. The van der Waals surface area contributed by atoms with E-state index < -0.39 is 5.50 Å². The zero-order valence-corrected chi connectivity index (χ0v) is 21.6. The number of amides is 2. The molecule has 1 heterocycles. The SMILES string of the molecule is CCN(CCOc1ccc(C)cc1)c1ccc(C=C2C(=O)N(CC)C(S)N(CC)C2=O)c(C)c1. The number of carbonyl (C=O) groups is 2. The number of ether oxygens (including phenoxy) is 1. The Hall–Kier alpha value is -2.93. The summed E-state index contributed by atoms with van der Waals surface area (Å²) >= 11 is 4.49. The zero-order chi connectivity index (χ0) is 24.8. The van der Waals surface area contributed by atoms with Crippen molar-refractivity contribution in [1.82, 2.24) is 9.80 Å². The highest BCUT2D eigenvalue weighted by Crippen LogP contribution is 2.27. The van der Waals surface area contributed by atoms with Gasteiger partial charge in [-0.15, -0.1) is 12.6 Å². The third-order valence-corrected chi connectivity index (χ3v) is 6.73. The monoisotopic (exact) mass is 481 g/mol. The maximum atomic E-state index is 13.0. The second kappa shape index (κ2) is 11.5. The number of nitrogens with zero attached hydrogens (tertiary/aromatic N) is 3. The molecule has 2 aromatic rings. The van der Waals surface area contributed by atoms with Crippen LogP contribution in [0, 0.1) is 13.8 Å². The van der Waals surface area contributed by atoms with Crippen molar-refractivity contribution in [2.24, 2.45) is 0 Å². The molecule has 7 heteroatoms. The molecule has 1 aliphatic rings. The molecule has 0 atom stereocenters. The Labute approximate surface area is 208 Å². The molecule has 0 radical (unpaired) electrons. The van der Waals surface area contributed by atoms with Gasteiger partial charge in [-0.1, -0.05) is 23.8 Å². The number of hydrogen-bond acceptors (Lipinski definition) is 5. The quantitative estimate of drug-likeness (QED) is 0.325. The van der Waals surface area contributed by atoms with E-state index in [0.29, 0.717) is 19.7 Å². The van der Waals surface area contributed by atoms with E-state index in [-0.39, 0.29) is 17.4 Å². The molecule has 2 amide bonds. The highest BCUT2D eigenvalue weighted by atomic mass is 32.1. The summed E-state index contributed by atoms with van der Waals surface area (Å²) in [5, 5.41) is 0. The maximum Gasteiger partial charge on any atom is 0.261 e. The lowest BCUT2D eigenvalue weighted by molar-refractivity contribution is -0.145. The molecule has 0 spiro atoms. The molecule has 1 saturated heterocycles. The molecule has 182 valence electrons. The van der Waals surface area contributed by atoms with Gasteiger partial charge in [0.25, 0.3) is 11.8 Å². The van der Waals surface area contributed by atoms with Crippen LogP contribution in [0.4, 0.5) is 5.69 Å². The normalized spacial score (nSPS) is 16.2. The summed E-state index contributed by atoms with van der Waals surface area (Å²) in [5.74, 6) is 0.320. The first-order valence-corrected chi connectivity index (χ1v) is 12.4. The summed E-state index contributed by atoms with van der Waals surface area (Å²) in [4.78, 5) is 31.4. The minimum absolute atomic E-state index is 0.184. The van der Waals surface area contributed by atoms with Crippen molar-refractivity contribution in [1.29, 1.82) is 0 Å². The minimum Gasteiger partial charge on any atom is -0.492 e. The number of thiol groups is 1. The number of anilines is 1. The Morgan fingerprint density at radius 2 is 1.59 bits per heavy atom. The largest absolute Gasteiger partial charge is 0.492 e. The van der Waals surface area contributed by atoms with Gasteiger partial charge in [0.1, 0.15) is 17.9 Å². The number of likely N-dealkylation sites (N-methyl/N-ethyl adjacent to an activating group) is 3.